The smallest absolute Gasteiger partial charge is 0.0488 e. The van der Waals surface area contributed by atoms with Gasteiger partial charge in [0.05, 0.1) is 0 Å². The third-order valence-corrected chi connectivity index (χ3v) is 2.84. The Hall–Kier alpha value is -0.340. The lowest BCUT2D eigenvalue weighted by atomic mass is 9.87. The summed E-state index contributed by atoms with van der Waals surface area (Å²) in [5.41, 5.74) is 0.145. The lowest BCUT2D eigenvalue weighted by molar-refractivity contribution is 0.0897. The first-order valence-corrected chi connectivity index (χ1v) is 6.81. The van der Waals surface area contributed by atoms with Gasteiger partial charge >= 0.3 is 0 Å². The Morgan fingerprint density at radius 2 is 1.88 bits per heavy atom. The topological polar surface area (TPSA) is 21.3 Å². The van der Waals surface area contributed by atoms with E-state index in [-0.39, 0.29) is 5.41 Å². The van der Waals surface area contributed by atoms with Crippen molar-refractivity contribution in [2.45, 2.75) is 41.0 Å². The van der Waals surface area contributed by atoms with Crippen LogP contribution in [0.25, 0.3) is 0 Å². The summed E-state index contributed by atoms with van der Waals surface area (Å²) in [5.74, 6) is 1.31. The Labute approximate surface area is 108 Å². The maximum absolute atomic E-state index is 5.64. The summed E-state index contributed by atoms with van der Waals surface area (Å²) in [6, 6.07) is 0. The van der Waals surface area contributed by atoms with Crippen molar-refractivity contribution < 1.29 is 4.74 Å². The van der Waals surface area contributed by atoms with Crippen LogP contribution in [0.2, 0.25) is 0 Å². The van der Waals surface area contributed by atoms with Gasteiger partial charge in [0.2, 0.25) is 0 Å². The Kier molecular flexibility index (Phi) is 8.53. The third-order valence-electron chi connectivity index (χ3n) is 2.84. The number of hydrogen-bond acceptors (Lipinski definition) is 2. The van der Waals surface area contributed by atoms with E-state index in [1.54, 1.807) is 0 Å². The summed E-state index contributed by atoms with van der Waals surface area (Å²) < 4.78 is 5.64. The van der Waals surface area contributed by atoms with E-state index in [2.05, 4.69) is 52.6 Å². The van der Waals surface area contributed by atoms with Crippen molar-refractivity contribution in [1.29, 1.82) is 0 Å². The summed E-state index contributed by atoms with van der Waals surface area (Å²) in [6.45, 7) is 18.7. The quantitative estimate of drug-likeness (QED) is 0.467. The van der Waals surface area contributed by atoms with Crippen LogP contribution in [0, 0.1) is 17.3 Å². The maximum Gasteiger partial charge on any atom is 0.0488 e. The van der Waals surface area contributed by atoms with Gasteiger partial charge in [0.25, 0.3) is 0 Å². The molecule has 0 radical (unpaired) electrons. The first-order valence-electron chi connectivity index (χ1n) is 6.81. The van der Waals surface area contributed by atoms with Gasteiger partial charge in [0, 0.05) is 19.8 Å². The fraction of sp³-hybridized carbons (Fsp3) is 0.867. The van der Waals surface area contributed by atoms with Crippen LogP contribution >= 0.6 is 0 Å². The molecule has 0 aromatic rings. The summed E-state index contributed by atoms with van der Waals surface area (Å²) in [4.78, 5) is 0. The van der Waals surface area contributed by atoms with E-state index in [4.69, 9.17) is 4.74 Å². The molecular weight excluding hydrogens is 210 g/mol. The molecule has 0 bridgehead atoms. The molecule has 1 N–H and O–H groups in total. The molecule has 0 aromatic carbocycles. The van der Waals surface area contributed by atoms with Crippen LogP contribution in [-0.2, 0) is 4.74 Å². The summed E-state index contributed by atoms with van der Waals surface area (Å²) in [6.07, 6.45) is 3.09. The molecule has 0 aliphatic carbocycles. The molecule has 0 amide bonds. The van der Waals surface area contributed by atoms with Crippen molar-refractivity contribution in [2.75, 3.05) is 26.3 Å². The van der Waals surface area contributed by atoms with Crippen molar-refractivity contribution in [3.8, 4) is 0 Å². The zero-order valence-corrected chi connectivity index (χ0v) is 12.4. The Morgan fingerprint density at radius 1 is 1.24 bits per heavy atom. The first kappa shape index (κ1) is 16.7. The fourth-order valence-corrected chi connectivity index (χ4v) is 1.53. The average molecular weight is 241 g/mol. The molecule has 0 saturated carbocycles. The van der Waals surface area contributed by atoms with Gasteiger partial charge in [-0.15, -0.1) is 6.58 Å². The van der Waals surface area contributed by atoms with Crippen molar-refractivity contribution >= 4 is 0 Å². The molecule has 0 heterocycles. The first-order chi connectivity index (χ1) is 7.89. The third kappa shape index (κ3) is 9.37. The monoisotopic (exact) mass is 241 g/mol. The zero-order chi connectivity index (χ0) is 13.3. The SMILES string of the molecule is C=CC(C)(CCOCC(C)C)CNCC(C)C. The molecule has 1 unspecified atom stereocenters. The van der Waals surface area contributed by atoms with Gasteiger partial charge in [-0.2, -0.15) is 0 Å². The van der Waals surface area contributed by atoms with E-state index in [1.165, 1.54) is 0 Å². The van der Waals surface area contributed by atoms with Gasteiger partial charge in [-0.25, -0.2) is 0 Å². The lowest BCUT2D eigenvalue weighted by Gasteiger charge is -2.26. The number of hydrogen-bond donors (Lipinski definition) is 1. The largest absolute Gasteiger partial charge is 0.381 e. The molecule has 17 heavy (non-hydrogen) atoms. The molecular formula is C15H31NO. The molecule has 0 saturated heterocycles. The minimum absolute atomic E-state index is 0.145. The predicted octanol–water partition coefficient (Wildman–Crippen LogP) is 3.49. The van der Waals surface area contributed by atoms with E-state index in [1.807, 2.05) is 0 Å². The van der Waals surface area contributed by atoms with E-state index in [9.17, 15) is 0 Å². The molecule has 0 rings (SSSR count). The van der Waals surface area contributed by atoms with E-state index in [0.29, 0.717) is 11.8 Å². The van der Waals surface area contributed by atoms with Gasteiger partial charge in [-0.05, 0) is 30.2 Å². The Bertz CT molecular complexity index is 201. The highest BCUT2D eigenvalue weighted by atomic mass is 16.5. The lowest BCUT2D eigenvalue weighted by Crippen LogP contribution is -2.33. The highest BCUT2D eigenvalue weighted by Crippen LogP contribution is 2.21. The highest BCUT2D eigenvalue weighted by Gasteiger charge is 2.19. The number of ether oxygens (including phenoxy) is 1. The average Bonchev–Trinajstić information content (AvgIpc) is 2.24. The van der Waals surface area contributed by atoms with E-state index < -0.39 is 0 Å². The fourth-order valence-electron chi connectivity index (χ4n) is 1.53. The maximum atomic E-state index is 5.64. The molecule has 0 aliphatic heterocycles. The second-order valence-corrected chi connectivity index (χ2v) is 6.10. The van der Waals surface area contributed by atoms with Crippen molar-refractivity contribution in [3.05, 3.63) is 12.7 Å². The van der Waals surface area contributed by atoms with Crippen LogP contribution in [0.1, 0.15) is 41.0 Å². The molecule has 0 aromatic heterocycles. The van der Waals surface area contributed by atoms with Crippen LogP contribution in [0.3, 0.4) is 0 Å². The molecule has 0 spiro atoms. The summed E-state index contributed by atoms with van der Waals surface area (Å²) in [7, 11) is 0. The molecule has 1 atom stereocenters. The molecule has 2 heteroatoms. The standard InChI is InChI=1S/C15H31NO/c1-7-15(6,12-16-10-13(2)3)8-9-17-11-14(4)5/h7,13-14,16H,1,8-12H2,2-6H3. The second kappa shape index (κ2) is 8.71. The van der Waals surface area contributed by atoms with Gasteiger partial charge in [-0.3, -0.25) is 0 Å². The van der Waals surface area contributed by atoms with Crippen LogP contribution in [0.15, 0.2) is 12.7 Å². The molecule has 0 aliphatic rings. The zero-order valence-electron chi connectivity index (χ0n) is 12.4. The minimum atomic E-state index is 0.145. The number of nitrogens with one attached hydrogen (secondary N) is 1. The van der Waals surface area contributed by atoms with Gasteiger partial charge in [0.15, 0.2) is 0 Å². The van der Waals surface area contributed by atoms with E-state index in [0.717, 1.165) is 32.7 Å². The second-order valence-electron chi connectivity index (χ2n) is 6.10. The molecule has 0 fully saturated rings. The number of rotatable bonds is 10. The van der Waals surface area contributed by atoms with Crippen molar-refractivity contribution in [3.63, 3.8) is 0 Å². The molecule has 102 valence electrons. The van der Waals surface area contributed by atoms with Gasteiger partial charge < -0.3 is 10.1 Å². The Balaban J connectivity index is 3.80. The van der Waals surface area contributed by atoms with Gasteiger partial charge in [0.1, 0.15) is 0 Å². The summed E-state index contributed by atoms with van der Waals surface area (Å²) in [5, 5.41) is 3.50. The van der Waals surface area contributed by atoms with Crippen molar-refractivity contribution in [2.24, 2.45) is 17.3 Å². The van der Waals surface area contributed by atoms with Crippen molar-refractivity contribution in [1.82, 2.24) is 5.32 Å². The van der Waals surface area contributed by atoms with Crippen LogP contribution in [0.5, 0.6) is 0 Å². The van der Waals surface area contributed by atoms with Gasteiger partial charge in [-0.1, -0.05) is 40.7 Å². The minimum Gasteiger partial charge on any atom is -0.381 e. The predicted molar refractivity (Wildman–Crippen MR) is 76.3 cm³/mol. The van der Waals surface area contributed by atoms with Crippen LogP contribution in [0.4, 0.5) is 0 Å². The van der Waals surface area contributed by atoms with Crippen LogP contribution in [-0.4, -0.2) is 26.3 Å². The van der Waals surface area contributed by atoms with Crippen LogP contribution < -0.4 is 5.32 Å². The Morgan fingerprint density at radius 3 is 2.35 bits per heavy atom. The molecule has 2 nitrogen and oxygen atoms in total. The summed E-state index contributed by atoms with van der Waals surface area (Å²) >= 11 is 0. The van der Waals surface area contributed by atoms with E-state index >= 15 is 0 Å². The normalized spacial score (nSPS) is 15.2. The highest BCUT2D eigenvalue weighted by molar-refractivity contribution is 4.93.